The van der Waals surface area contributed by atoms with Gasteiger partial charge in [-0.25, -0.2) is 4.98 Å². The summed E-state index contributed by atoms with van der Waals surface area (Å²) in [5, 5.41) is 11.9. The normalized spacial score (nSPS) is 9.64. The molecule has 1 aromatic heterocycles. The minimum Gasteiger partial charge on any atom is -0.395 e. The average molecular weight is 173 g/mol. The minimum atomic E-state index is 0.0763. The van der Waals surface area contributed by atoms with Crippen molar-refractivity contribution >= 4 is 17.4 Å². The van der Waals surface area contributed by atoms with E-state index in [4.69, 9.17) is 16.7 Å². The molecule has 0 bridgehead atoms. The molecule has 0 radical (unpaired) electrons. The Kier molecular flexibility index (Phi) is 3.14. The number of halogens is 1. The Morgan fingerprint density at radius 2 is 2.45 bits per heavy atom. The second-order valence-corrected chi connectivity index (χ2v) is 2.39. The number of hydrogen-bond acceptors (Lipinski definition) is 3. The van der Waals surface area contributed by atoms with E-state index in [9.17, 15) is 0 Å². The van der Waals surface area contributed by atoms with Gasteiger partial charge in [0.25, 0.3) is 0 Å². The van der Waals surface area contributed by atoms with E-state index in [-0.39, 0.29) is 6.61 Å². The number of pyridine rings is 1. The van der Waals surface area contributed by atoms with Crippen LogP contribution >= 0.6 is 11.6 Å². The van der Waals surface area contributed by atoms with Crippen molar-refractivity contribution in [1.29, 1.82) is 0 Å². The highest BCUT2D eigenvalue weighted by Crippen LogP contribution is 2.16. The molecular formula is C7H9ClN2O. The number of nitrogens with one attached hydrogen (secondary N) is 1. The van der Waals surface area contributed by atoms with Crippen LogP contribution in [0.5, 0.6) is 0 Å². The van der Waals surface area contributed by atoms with Gasteiger partial charge in [-0.1, -0.05) is 11.6 Å². The van der Waals surface area contributed by atoms with E-state index in [0.29, 0.717) is 17.4 Å². The SMILES string of the molecule is OCCNc1ncccc1Cl. The fourth-order valence-corrected chi connectivity index (χ4v) is 0.878. The Morgan fingerprint density at radius 1 is 1.64 bits per heavy atom. The summed E-state index contributed by atoms with van der Waals surface area (Å²) >= 11 is 5.75. The van der Waals surface area contributed by atoms with Gasteiger partial charge in [0.15, 0.2) is 0 Å². The maximum atomic E-state index is 8.49. The van der Waals surface area contributed by atoms with Crippen LogP contribution in [0, 0.1) is 0 Å². The van der Waals surface area contributed by atoms with Crippen LogP contribution in [0.1, 0.15) is 0 Å². The molecule has 0 aliphatic rings. The first-order valence-corrected chi connectivity index (χ1v) is 3.67. The second-order valence-electron chi connectivity index (χ2n) is 1.98. The molecule has 0 atom stereocenters. The summed E-state index contributed by atoms with van der Waals surface area (Å²) in [5.41, 5.74) is 0. The fourth-order valence-electron chi connectivity index (χ4n) is 0.690. The molecule has 0 aliphatic carbocycles. The molecule has 1 rings (SSSR count). The Hall–Kier alpha value is -0.800. The molecule has 3 nitrogen and oxygen atoms in total. The summed E-state index contributed by atoms with van der Waals surface area (Å²) in [6, 6.07) is 3.50. The molecule has 0 saturated heterocycles. The topological polar surface area (TPSA) is 45.1 Å². The van der Waals surface area contributed by atoms with E-state index in [2.05, 4.69) is 10.3 Å². The molecule has 0 unspecified atom stereocenters. The standard InChI is InChI=1S/C7H9ClN2O/c8-6-2-1-3-9-7(6)10-4-5-11/h1-3,11H,4-5H2,(H,9,10). The summed E-state index contributed by atoms with van der Waals surface area (Å²) in [5.74, 6) is 0.614. The van der Waals surface area contributed by atoms with Gasteiger partial charge in [-0.3, -0.25) is 0 Å². The van der Waals surface area contributed by atoms with E-state index in [1.807, 2.05) is 0 Å². The zero-order valence-electron chi connectivity index (χ0n) is 5.92. The molecule has 0 fully saturated rings. The smallest absolute Gasteiger partial charge is 0.144 e. The predicted molar refractivity (Wildman–Crippen MR) is 44.8 cm³/mol. The molecule has 0 aromatic carbocycles. The average Bonchev–Trinajstić information content (AvgIpc) is 2.03. The molecule has 0 saturated carbocycles. The summed E-state index contributed by atoms with van der Waals surface area (Å²) in [6.45, 7) is 0.545. The highest BCUT2D eigenvalue weighted by atomic mass is 35.5. The first-order chi connectivity index (χ1) is 5.34. The van der Waals surface area contributed by atoms with Crippen LogP contribution in [-0.4, -0.2) is 23.2 Å². The second kappa shape index (κ2) is 4.16. The molecule has 2 N–H and O–H groups in total. The Balaban J connectivity index is 2.62. The van der Waals surface area contributed by atoms with Crippen LogP contribution in [0.25, 0.3) is 0 Å². The number of hydrogen-bond donors (Lipinski definition) is 2. The van der Waals surface area contributed by atoms with Crippen LogP contribution in [0.3, 0.4) is 0 Å². The van der Waals surface area contributed by atoms with Crippen molar-refractivity contribution in [3.05, 3.63) is 23.4 Å². The lowest BCUT2D eigenvalue weighted by atomic mass is 10.4. The van der Waals surface area contributed by atoms with Gasteiger partial charge in [-0.2, -0.15) is 0 Å². The number of aliphatic hydroxyl groups is 1. The number of aliphatic hydroxyl groups excluding tert-OH is 1. The zero-order valence-corrected chi connectivity index (χ0v) is 6.67. The van der Waals surface area contributed by atoms with Crippen molar-refractivity contribution in [2.24, 2.45) is 0 Å². The van der Waals surface area contributed by atoms with Crippen molar-refractivity contribution in [2.75, 3.05) is 18.5 Å². The van der Waals surface area contributed by atoms with Gasteiger partial charge < -0.3 is 10.4 Å². The largest absolute Gasteiger partial charge is 0.395 e. The highest BCUT2D eigenvalue weighted by molar-refractivity contribution is 6.32. The lowest BCUT2D eigenvalue weighted by Gasteiger charge is -2.03. The summed E-state index contributed by atoms with van der Waals surface area (Å²) in [4.78, 5) is 3.96. The van der Waals surface area contributed by atoms with Crippen molar-refractivity contribution in [3.63, 3.8) is 0 Å². The van der Waals surface area contributed by atoms with Crippen LogP contribution in [0.15, 0.2) is 18.3 Å². The quantitative estimate of drug-likeness (QED) is 0.719. The molecule has 1 aromatic rings. The maximum absolute atomic E-state index is 8.49. The van der Waals surface area contributed by atoms with Gasteiger partial charge in [0, 0.05) is 12.7 Å². The molecule has 11 heavy (non-hydrogen) atoms. The first kappa shape index (κ1) is 8.30. The third-order valence-electron chi connectivity index (χ3n) is 1.16. The highest BCUT2D eigenvalue weighted by Gasteiger charge is 1.96. The van der Waals surface area contributed by atoms with Gasteiger partial charge in [-0.15, -0.1) is 0 Å². The number of nitrogens with zero attached hydrogens (tertiary/aromatic N) is 1. The number of anilines is 1. The van der Waals surface area contributed by atoms with Gasteiger partial charge in [-0.05, 0) is 12.1 Å². The van der Waals surface area contributed by atoms with Crippen molar-refractivity contribution < 1.29 is 5.11 Å². The predicted octanol–water partition coefficient (Wildman–Crippen LogP) is 1.14. The van der Waals surface area contributed by atoms with Gasteiger partial charge in [0.1, 0.15) is 5.82 Å². The van der Waals surface area contributed by atoms with E-state index in [1.165, 1.54) is 0 Å². The molecule has 60 valence electrons. The van der Waals surface area contributed by atoms with E-state index in [1.54, 1.807) is 18.3 Å². The lowest BCUT2D eigenvalue weighted by molar-refractivity contribution is 0.311. The third kappa shape index (κ3) is 2.37. The van der Waals surface area contributed by atoms with Crippen molar-refractivity contribution in [3.8, 4) is 0 Å². The summed E-state index contributed by atoms with van der Waals surface area (Å²) < 4.78 is 0. The maximum Gasteiger partial charge on any atom is 0.144 e. The van der Waals surface area contributed by atoms with Gasteiger partial charge in [0.2, 0.25) is 0 Å². The number of aromatic nitrogens is 1. The van der Waals surface area contributed by atoms with E-state index in [0.717, 1.165) is 0 Å². The van der Waals surface area contributed by atoms with Crippen LogP contribution < -0.4 is 5.32 Å². The molecule has 1 heterocycles. The van der Waals surface area contributed by atoms with Gasteiger partial charge in [0.05, 0.1) is 11.6 Å². The van der Waals surface area contributed by atoms with Crippen LogP contribution in [0.2, 0.25) is 5.02 Å². The summed E-state index contributed by atoms with van der Waals surface area (Å²) in [6.07, 6.45) is 1.64. The first-order valence-electron chi connectivity index (χ1n) is 3.30. The molecule has 0 amide bonds. The molecule has 0 spiro atoms. The minimum absolute atomic E-state index is 0.0763. The van der Waals surface area contributed by atoms with E-state index < -0.39 is 0 Å². The Bertz CT molecular complexity index is 229. The molecule has 4 heteroatoms. The number of rotatable bonds is 3. The lowest BCUT2D eigenvalue weighted by Crippen LogP contribution is -2.06. The Morgan fingerprint density at radius 3 is 3.09 bits per heavy atom. The van der Waals surface area contributed by atoms with Crippen LogP contribution in [0.4, 0.5) is 5.82 Å². The van der Waals surface area contributed by atoms with Crippen molar-refractivity contribution in [2.45, 2.75) is 0 Å². The van der Waals surface area contributed by atoms with Crippen molar-refractivity contribution in [1.82, 2.24) is 4.98 Å². The van der Waals surface area contributed by atoms with E-state index >= 15 is 0 Å². The van der Waals surface area contributed by atoms with Gasteiger partial charge >= 0.3 is 0 Å². The molecular weight excluding hydrogens is 164 g/mol. The monoisotopic (exact) mass is 172 g/mol. The summed E-state index contributed by atoms with van der Waals surface area (Å²) in [7, 11) is 0. The third-order valence-corrected chi connectivity index (χ3v) is 1.47. The molecule has 0 aliphatic heterocycles. The Labute approximate surface area is 70.0 Å². The fraction of sp³-hybridized carbons (Fsp3) is 0.286. The zero-order chi connectivity index (χ0) is 8.10. The van der Waals surface area contributed by atoms with Crippen LogP contribution in [-0.2, 0) is 0 Å².